The van der Waals surface area contributed by atoms with E-state index in [9.17, 15) is 0 Å². The van der Waals surface area contributed by atoms with Gasteiger partial charge in [0.2, 0.25) is 0 Å². The van der Waals surface area contributed by atoms with E-state index >= 15 is 0 Å². The van der Waals surface area contributed by atoms with E-state index in [0.29, 0.717) is 0 Å². The maximum Gasteiger partial charge on any atom is 0.147 e. The van der Waals surface area contributed by atoms with Crippen molar-refractivity contribution >= 4 is 5.69 Å². The Labute approximate surface area is 79.1 Å². The zero-order valence-corrected chi connectivity index (χ0v) is 8.74. The summed E-state index contributed by atoms with van der Waals surface area (Å²) in [5.74, 6) is 0. The van der Waals surface area contributed by atoms with Crippen LogP contribution in [0.25, 0.3) is 0 Å². The lowest BCUT2D eigenvalue weighted by atomic mass is 10.3. The topological polar surface area (TPSA) is 32.5 Å². The van der Waals surface area contributed by atoms with E-state index < -0.39 is 0 Å². The monoisotopic (exact) mass is 183 g/mol. The van der Waals surface area contributed by atoms with Gasteiger partial charge in [-0.1, -0.05) is 5.16 Å². The second-order valence-electron chi connectivity index (χ2n) is 3.51. The molecule has 0 atom stereocenters. The first-order valence-electron chi connectivity index (χ1n) is 4.38. The number of likely N-dealkylation sites (N-methyl/N-ethyl adjacent to an activating group) is 2. The van der Waals surface area contributed by atoms with Crippen LogP contribution < -0.4 is 4.90 Å². The van der Waals surface area contributed by atoms with Gasteiger partial charge >= 0.3 is 0 Å². The summed E-state index contributed by atoms with van der Waals surface area (Å²) in [6, 6.07) is 0. The van der Waals surface area contributed by atoms with Gasteiger partial charge in [0.1, 0.15) is 12.0 Å². The van der Waals surface area contributed by atoms with Gasteiger partial charge in [0.25, 0.3) is 0 Å². The van der Waals surface area contributed by atoms with Crippen molar-refractivity contribution in [2.45, 2.75) is 6.92 Å². The molecule has 0 saturated heterocycles. The Morgan fingerprint density at radius 3 is 2.46 bits per heavy atom. The summed E-state index contributed by atoms with van der Waals surface area (Å²) in [5.41, 5.74) is 2.02. The van der Waals surface area contributed by atoms with E-state index in [4.69, 9.17) is 4.52 Å². The summed E-state index contributed by atoms with van der Waals surface area (Å²) in [4.78, 5) is 4.30. The van der Waals surface area contributed by atoms with Crippen LogP contribution in [0.5, 0.6) is 0 Å². The van der Waals surface area contributed by atoms with Crippen molar-refractivity contribution in [3.8, 4) is 0 Å². The Morgan fingerprint density at radius 1 is 1.31 bits per heavy atom. The molecule has 0 saturated carbocycles. The molecule has 0 unspecified atom stereocenters. The highest BCUT2D eigenvalue weighted by Crippen LogP contribution is 2.15. The highest BCUT2D eigenvalue weighted by molar-refractivity contribution is 5.46. The van der Waals surface area contributed by atoms with Crippen LogP contribution in [-0.4, -0.2) is 44.3 Å². The van der Waals surface area contributed by atoms with E-state index in [0.717, 1.165) is 24.5 Å². The van der Waals surface area contributed by atoms with Crippen LogP contribution in [0.1, 0.15) is 5.69 Å². The Morgan fingerprint density at radius 2 is 2.00 bits per heavy atom. The molecule has 0 spiro atoms. The molecule has 0 fully saturated rings. The second-order valence-corrected chi connectivity index (χ2v) is 3.51. The van der Waals surface area contributed by atoms with Gasteiger partial charge in [0, 0.05) is 20.1 Å². The molecule has 0 aromatic carbocycles. The fraction of sp³-hybridized carbons (Fsp3) is 0.667. The normalized spacial score (nSPS) is 10.8. The third kappa shape index (κ3) is 2.73. The fourth-order valence-electron chi connectivity index (χ4n) is 1.12. The smallest absolute Gasteiger partial charge is 0.147 e. The van der Waals surface area contributed by atoms with Gasteiger partial charge in [-0.3, -0.25) is 0 Å². The summed E-state index contributed by atoms with van der Waals surface area (Å²) in [5, 5.41) is 3.83. The maximum atomic E-state index is 4.87. The number of hydrogen-bond acceptors (Lipinski definition) is 4. The Balaban J connectivity index is 2.49. The van der Waals surface area contributed by atoms with Gasteiger partial charge in [0.15, 0.2) is 0 Å². The fourth-order valence-corrected chi connectivity index (χ4v) is 1.12. The molecule has 1 aromatic rings. The Bertz CT molecular complexity index is 257. The third-order valence-corrected chi connectivity index (χ3v) is 2.02. The number of aryl methyl sites for hydroxylation is 1. The molecule has 0 N–H and O–H groups in total. The van der Waals surface area contributed by atoms with Gasteiger partial charge in [-0.05, 0) is 21.0 Å². The molecule has 1 heterocycles. The lowest BCUT2D eigenvalue weighted by molar-refractivity contribution is 0.412. The van der Waals surface area contributed by atoms with Crippen LogP contribution in [0.4, 0.5) is 5.69 Å². The molecular formula is C9H17N3O. The first-order chi connectivity index (χ1) is 6.11. The minimum Gasteiger partial charge on any atom is -0.369 e. The molecule has 0 aliphatic heterocycles. The second kappa shape index (κ2) is 4.28. The molecule has 74 valence electrons. The van der Waals surface area contributed by atoms with Crippen molar-refractivity contribution in [1.82, 2.24) is 10.1 Å². The van der Waals surface area contributed by atoms with Crippen LogP contribution in [0.3, 0.4) is 0 Å². The molecule has 13 heavy (non-hydrogen) atoms. The van der Waals surface area contributed by atoms with E-state index in [1.807, 2.05) is 14.0 Å². The molecule has 0 amide bonds. The summed E-state index contributed by atoms with van der Waals surface area (Å²) in [6.07, 6.45) is 1.69. The van der Waals surface area contributed by atoms with E-state index in [2.05, 4.69) is 29.1 Å². The van der Waals surface area contributed by atoms with Crippen LogP contribution in [-0.2, 0) is 0 Å². The van der Waals surface area contributed by atoms with Crippen molar-refractivity contribution in [3.05, 3.63) is 12.0 Å². The summed E-state index contributed by atoms with van der Waals surface area (Å²) in [6.45, 7) is 3.96. The van der Waals surface area contributed by atoms with Crippen molar-refractivity contribution < 1.29 is 4.52 Å². The summed E-state index contributed by atoms with van der Waals surface area (Å²) >= 11 is 0. The SMILES string of the molecule is Cc1nocc1N(C)CCN(C)C. The maximum absolute atomic E-state index is 4.87. The molecule has 1 rings (SSSR count). The number of rotatable bonds is 4. The highest BCUT2D eigenvalue weighted by Gasteiger charge is 2.07. The molecule has 4 heteroatoms. The Hall–Kier alpha value is -1.03. The van der Waals surface area contributed by atoms with Crippen molar-refractivity contribution in [1.29, 1.82) is 0 Å². The van der Waals surface area contributed by atoms with E-state index in [1.54, 1.807) is 6.26 Å². The molecule has 0 radical (unpaired) electrons. The molecule has 0 aliphatic carbocycles. The lowest BCUT2D eigenvalue weighted by Gasteiger charge is -2.19. The molecule has 1 aromatic heterocycles. The first-order valence-corrected chi connectivity index (χ1v) is 4.38. The molecular weight excluding hydrogens is 166 g/mol. The van der Waals surface area contributed by atoms with Gasteiger partial charge in [-0.15, -0.1) is 0 Å². The van der Waals surface area contributed by atoms with Crippen molar-refractivity contribution in [3.63, 3.8) is 0 Å². The van der Waals surface area contributed by atoms with Gasteiger partial charge in [0.05, 0.1) is 5.69 Å². The van der Waals surface area contributed by atoms with Gasteiger partial charge < -0.3 is 14.3 Å². The largest absolute Gasteiger partial charge is 0.369 e. The standard InChI is InChI=1S/C9H17N3O/c1-8-9(7-13-10-8)12(4)6-5-11(2)3/h7H,5-6H2,1-4H3. The number of anilines is 1. The zero-order chi connectivity index (χ0) is 9.84. The Kier molecular flexibility index (Phi) is 3.31. The predicted molar refractivity (Wildman–Crippen MR) is 53.1 cm³/mol. The molecule has 4 nitrogen and oxygen atoms in total. The van der Waals surface area contributed by atoms with Crippen LogP contribution in [0.2, 0.25) is 0 Å². The van der Waals surface area contributed by atoms with Crippen LogP contribution >= 0.6 is 0 Å². The highest BCUT2D eigenvalue weighted by atomic mass is 16.5. The van der Waals surface area contributed by atoms with Crippen LogP contribution in [0, 0.1) is 6.92 Å². The summed E-state index contributed by atoms with van der Waals surface area (Å²) < 4.78 is 4.87. The average molecular weight is 183 g/mol. The van der Waals surface area contributed by atoms with Crippen molar-refractivity contribution in [2.75, 3.05) is 39.1 Å². The lowest BCUT2D eigenvalue weighted by Crippen LogP contribution is -2.28. The minimum absolute atomic E-state index is 0.946. The van der Waals surface area contributed by atoms with E-state index in [1.165, 1.54) is 0 Å². The first kappa shape index (κ1) is 10.1. The quantitative estimate of drug-likeness (QED) is 0.696. The third-order valence-electron chi connectivity index (χ3n) is 2.02. The minimum atomic E-state index is 0.946. The average Bonchev–Trinajstić information content (AvgIpc) is 2.47. The zero-order valence-electron chi connectivity index (χ0n) is 8.74. The van der Waals surface area contributed by atoms with Gasteiger partial charge in [-0.25, -0.2) is 0 Å². The number of nitrogens with zero attached hydrogens (tertiary/aromatic N) is 3. The molecule has 0 bridgehead atoms. The molecule has 0 aliphatic rings. The van der Waals surface area contributed by atoms with E-state index in [-0.39, 0.29) is 0 Å². The van der Waals surface area contributed by atoms with Gasteiger partial charge in [-0.2, -0.15) is 0 Å². The summed E-state index contributed by atoms with van der Waals surface area (Å²) in [7, 11) is 6.17. The predicted octanol–water partition coefficient (Wildman–Crippen LogP) is 0.981. The number of hydrogen-bond donors (Lipinski definition) is 0. The van der Waals surface area contributed by atoms with Crippen LogP contribution in [0.15, 0.2) is 10.8 Å². The number of aromatic nitrogens is 1. The van der Waals surface area contributed by atoms with Crippen molar-refractivity contribution in [2.24, 2.45) is 0 Å².